The number of carbonyl (C=O) groups is 1. The van der Waals surface area contributed by atoms with Gasteiger partial charge in [-0.2, -0.15) is 0 Å². The molecule has 20 heavy (non-hydrogen) atoms. The Bertz CT molecular complexity index is 534. The maximum absolute atomic E-state index is 11.8. The lowest BCUT2D eigenvalue weighted by Gasteiger charge is -2.03. The summed E-state index contributed by atoms with van der Waals surface area (Å²) in [5.74, 6) is 1.74. The number of hydrogen-bond acceptors (Lipinski definition) is 2. The van der Waals surface area contributed by atoms with E-state index in [0.717, 1.165) is 17.7 Å². The molecule has 3 nitrogen and oxygen atoms in total. The Hall–Kier alpha value is -2.03. The van der Waals surface area contributed by atoms with Gasteiger partial charge in [-0.3, -0.25) is 4.79 Å². The zero-order chi connectivity index (χ0) is 14.5. The monoisotopic (exact) mass is 271 g/mol. The van der Waals surface area contributed by atoms with E-state index in [1.165, 1.54) is 5.57 Å². The molecule has 1 saturated carbocycles. The number of ether oxygens (including phenoxy) is 1. The fourth-order valence-corrected chi connectivity index (χ4v) is 2.50. The third-order valence-corrected chi connectivity index (χ3v) is 3.82. The lowest BCUT2D eigenvalue weighted by Crippen LogP contribution is -2.23. The first kappa shape index (κ1) is 14.4. The summed E-state index contributed by atoms with van der Waals surface area (Å²) in [6, 6.07) is 7.61. The van der Waals surface area contributed by atoms with Crippen molar-refractivity contribution in [1.29, 1.82) is 0 Å². The van der Waals surface area contributed by atoms with E-state index >= 15 is 0 Å². The Balaban J connectivity index is 1.85. The van der Waals surface area contributed by atoms with Crippen molar-refractivity contribution in [1.82, 2.24) is 5.32 Å². The van der Waals surface area contributed by atoms with Gasteiger partial charge in [-0.25, -0.2) is 0 Å². The number of benzene rings is 1. The molecule has 1 fully saturated rings. The van der Waals surface area contributed by atoms with Crippen LogP contribution in [-0.4, -0.2) is 19.6 Å². The standard InChI is InChI=1S/C17H21NO2/c1-4-14-12(2)15(14)11-18-17(19)10-9-13-7-5-6-8-16(13)20-3/h5-10,14-15H,2,4,11H2,1,3H3,(H,18,19)/b10-9+. The quantitative estimate of drug-likeness (QED) is 0.638. The highest BCUT2D eigenvalue weighted by atomic mass is 16.5. The van der Waals surface area contributed by atoms with Crippen molar-refractivity contribution < 1.29 is 9.53 Å². The average Bonchev–Trinajstić information content (AvgIpc) is 3.12. The Morgan fingerprint density at radius 3 is 2.80 bits per heavy atom. The number of methoxy groups -OCH3 is 1. The second-order valence-electron chi connectivity index (χ2n) is 5.02. The number of para-hydroxylation sites is 1. The van der Waals surface area contributed by atoms with Crippen molar-refractivity contribution in [3.05, 3.63) is 48.1 Å². The van der Waals surface area contributed by atoms with Gasteiger partial charge in [-0.15, -0.1) is 0 Å². The minimum absolute atomic E-state index is 0.0783. The molecule has 0 saturated heterocycles. The third-order valence-electron chi connectivity index (χ3n) is 3.82. The van der Waals surface area contributed by atoms with Crippen molar-refractivity contribution in [2.75, 3.05) is 13.7 Å². The molecule has 0 heterocycles. The van der Waals surface area contributed by atoms with Gasteiger partial charge >= 0.3 is 0 Å². The molecule has 2 unspecified atom stereocenters. The van der Waals surface area contributed by atoms with Crippen molar-refractivity contribution in [3.8, 4) is 5.75 Å². The van der Waals surface area contributed by atoms with Crippen LogP contribution in [0.3, 0.4) is 0 Å². The van der Waals surface area contributed by atoms with Crippen molar-refractivity contribution in [2.24, 2.45) is 11.8 Å². The summed E-state index contributed by atoms with van der Waals surface area (Å²) < 4.78 is 5.23. The molecule has 3 heteroatoms. The van der Waals surface area contributed by atoms with E-state index < -0.39 is 0 Å². The molecule has 0 aliphatic heterocycles. The first-order valence-corrected chi connectivity index (χ1v) is 6.95. The number of rotatable bonds is 6. The first-order valence-electron chi connectivity index (χ1n) is 6.95. The highest BCUT2D eigenvalue weighted by molar-refractivity contribution is 5.92. The summed E-state index contributed by atoms with van der Waals surface area (Å²) in [6.07, 6.45) is 4.42. The topological polar surface area (TPSA) is 38.3 Å². The maximum Gasteiger partial charge on any atom is 0.244 e. The molecular formula is C17H21NO2. The zero-order valence-corrected chi connectivity index (χ0v) is 12.1. The minimum Gasteiger partial charge on any atom is -0.496 e. The third kappa shape index (κ3) is 3.29. The van der Waals surface area contributed by atoms with Gasteiger partial charge in [0.25, 0.3) is 0 Å². The van der Waals surface area contributed by atoms with Gasteiger partial charge in [0.2, 0.25) is 5.91 Å². The predicted molar refractivity (Wildman–Crippen MR) is 81.4 cm³/mol. The van der Waals surface area contributed by atoms with E-state index in [4.69, 9.17) is 4.74 Å². The second-order valence-corrected chi connectivity index (χ2v) is 5.02. The lowest BCUT2D eigenvalue weighted by atomic mass is 10.2. The molecule has 1 amide bonds. The summed E-state index contributed by atoms with van der Waals surface area (Å²) in [5.41, 5.74) is 2.16. The molecule has 106 valence electrons. The van der Waals surface area contributed by atoms with E-state index in [9.17, 15) is 4.79 Å². The van der Waals surface area contributed by atoms with E-state index in [1.807, 2.05) is 24.3 Å². The van der Waals surface area contributed by atoms with Crippen LogP contribution in [0, 0.1) is 11.8 Å². The Kier molecular flexibility index (Phi) is 4.61. The van der Waals surface area contributed by atoms with Crippen LogP contribution in [0.15, 0.2) is 42.5 Å². The van der Waals surface area contributed by atoms with Gasteiger partial charge in [0, 0.05) is 24.1 Å². The number of carbonyl (C=O) groups excluding carboxylic acids is 1. The molecule has 1 aliphatic carbocycles. The molecule has 2 rings (SSSR count). The van der Waals surface area contributed by atoms with Gasteiger partial charge in [0.15, 0.2) is 0 Å². The SMILES string of the molecule is C=C1C(CC)C1CNC(=O)/C=C/c1ccccc1OC. The molecule has 0 aromatic heterocycles. The van der Waals surface area contributed by atoms with E-state index in [1.54, 1.807) is 19.3 Å². The predicted octanol–water partition coefficient (Wildman–Crippen LogP) is 3.04. The molecule has 1 aromatic rings. The fourth-order valence-electron chi connectivity index (χ4n) is 2.50. The summed E-state index contributed by atoms with van der Waals surface area (Å²) >= 11 is 0. The van der Waals surface area contributed by atoms with Gasteiger partial charge in [0.1, 0.15) is 5.75 Å². The maximum atomic E-state index is 11.8. The molecular weight excluding hydrogens is 250 g/mol. The van der Waals surface area contributed by atoms with Crippen LogP contribution < -0.4 is 10.1 Å². The fraction of sp³-hybridized carbons (Fsp3) is 0.353. The summed E-state index contributed by atoms with van der Waals surface area (Å²) in [5, 5.41) is 2.92. The van der Waals surface area contributed by atoms with Gasteiger partial charge in [-0.05, 0) is 24.5 Å². The molecule has 1 aromatic carbocycles. The molecule has 0 radical (unpaired) electrons. The zero-order valence-electron chi connectivity index (χ0n) is 12.1. The van der Waals surface area contributed by atoms with Gasteiger partial charge < -0.3 is 10.1 Å². The van der Waals surface area contributed by atoms with Crippen LogP contribution in [0.4, 0.5) is 0 Å². The summed E-state index contributed by atoms with van der Waals surface area (Å²) in [7, 11) is 1.62. The molecule has 0 spiro atoms. The van der Waals surface area contributed by atoms with Crippen molar-refractivity contribution in [3.63, 3.8) is 0 Å². The number of hydrogen-bond donors (Lipinski definition) is 1. The highest BCUT2D eigenvalue weighted by Gasteiger charge is 2.40. The van der Waals surface area contributed by atoms with Crippen LogP contribution in [0.1, 0.15) is 18.9 Å². The van der Waals surface area contributed by atoms with E-state index in [2.05, 4.69) is 18.8 Å². The van der Waals surface area contributed by atoms with Crippen molar-refractivity contribution >= 4 is 12.0 Å². The summed E-state index contributed by atoms with van der Waals surface area (Å²) in [6.45, 7) is 6.85. The number of nitrogens with one attached hydrogen (secondary N) is 1. The van der Waals surface area contributed by atoms with Gasteiger partial charge in [-0.1, -0.05) is 37.3 Å². The molecule has 0 bridgehead atoms. The van der Waals surface area contributed by atoms with E-state index in [-0.39, 0.29) is 5.91 Å². The average molecular weight is 271 g/mol. The smallest absolute Gasteiger partial charge is 0.244 e. The normalized spacial score (nSPS) is 21.0. The van der Waals surface area contributed by atoms with Crippen LogP contribution in [0.25, 0.3) is 6.08 Å². The van der Waals surface area contributed by atoms with E-state index in [0.29, 0.717) is 18.4 Å². The molecule has 1 N–H and O–H groups in total. The molecule has 2 atom stereocenters. The van der Waals surface area contributed by atoms with Crippen LogP contribution >= 0.6 is 0 Å². The highest BCUT2D eigenvalue weighted by Crippen LogP contribution is 2.45. The van der Waals surface area contributed by atoms with Gasteiger partial charge in [0.05, 0.1) is 7.11 Å². The van der Waals surface area contributed by atoms with Crippen LogP contribution in [-0.2, 0) is 4.79 Å². The largest absolute Gasteiger partial charge is 0.496 e. The first-order chi connectivity index (χ1) is 9.67. The Labute approximate surface area is 120 Å². The Morgan fingerprint density at radius 1 is 1.40 bits per heavy atom. The van der Waals surface area contributed by atoms with Crippen LogP contribution in [0.2, 0.25) is 0 Å². The number of amides is 1. The lowest BCUT2D eigenvalue weighted by molar-refractivity contribution is -0.116. The second kappa shape index (κ2) is 6.42. The van der Waals surface area contributed by atoms with Crippen molar-refractivity contribution in [2.45, 2.75) is 13.3 Å². The minimum atomic E-state index is -0.0783. The van der Waals surface area contributed by atoms with Crippen LogP contribution in [0.5, 0.6) is 5.75 Å². The summed E-state index contributed by atoms with van der Waals surface area (Å²) in [4.78, 5) is 11.8. The Morgan fingerprint density at radius 2 is 2.15 bits per heavy atom. The molecule has 1 aliphatic rings.